The number of amides is 3. The first-order chi connectivity index (χ1) is 13.0. The molecule has 1 heterocycles. The molecule has 27 heavy (non-hydrogen) atoms. The van der Waals surface area contributed by atoms with Crippen molar-refractivity contribution in [2.24, 2.45) is 5.92 Å². The largest absolute Gasteiger partial charge is 0.495 e. The first-order valence-corrected chi connectivity index (χ1v) is 9.59. The van der Waals surface area contributed by atoms with E-state index in [0.29, 0.717) is 30.1 Å². The van der Waals surface area contributed by atoms with Gasteiger partial charge in [0.05, 0.1) is 12.8 Å². The third-order valence-corrected chi connectivity index (χ3v) is 5.29. The molecule has 0 spiro atoms. The summed E-state index contributed by atoms with van der Waals surface area (Å²) in [6.45, 7) is 2.32. The first-order valence-electron chi connectivity index (χ1n) is 9.59. The van der Waals surface area contributed by atoms with Crippen LogP contribution in [0.2, 0.25) is 0 Å². The van der Waals surface area contributed by atoms with E-state index in [4.69, 9.17) is 4.74 Å². The molecule has 3 rings (SSSR count). The Kier molecular flexibility index (Phi) is 5.98. The monoisotopic (exact) mass is 373 g/mol. The van der Waals surface area contributed by atoms with Crippen molar-refractivity contribution >= 4 is 29.1 Å². The van der Waals surface area contributed by atoms with Crippen LogP contribution < -0.4 is 20.3 Å². The number of nitrogens with one attached hydrogen (secondary N) is 2. The standard InChI is InChI=1S/C20H27N3O4/c1-13(21-20(26)14-6-3-4-7-14)19(25)22-15-9-10-17(27-2)16(12-15)23-11-5-8-18(23)24/h9-10,12-14H,3-8,11H2,1-2H3,(H,21,26)(H,22,25). The summed E-state index contributed by atoms with van der Waals surface area (Å²) in [6, 6.07) is 4.58. The van der Waals surface area contributed by atoms with E-state index in [-0.39, 0.29) is 23.6 Å². The second-order valence-corrected chi connectivity index (χ2v) is 7.24. The number of anilines is 2. The Balaban J connectivity index is 1.66. The van der Waals surface area contributed by atoms with Crippen LogP contribution in [-0.2, 0) is 14.4 Å². The molecular formula is C20H27N3O4. The van der Waals surface area contributed by atoms with Crippen molar-refractivity contribution in [2.45, 2.75) is 51.5 Å². The van der Waals surface area contributed by atoms with E-state index in [0.717, 1.165) is 32.1 Å². The minimum atomic E-state index is -0.628. The topological polar surface area (TPSA) is 87.7 Å². The lowest BCUT2D eigenvalue weighted by Gasteiger charge is -2.21. The van der Waals surface area contributed by atoms with Crippen molar-refractivity contribution in [3.05, 3.63) is 18.2 Å². The maximum Gasteiger partial charge on any atom is 0.246 e. The van der Waals surface area contributed by atoms with Crippen LogP contribution in [0, 0.1) is 5.92 Å². The minimum absolute atomic E-state index is 0.0222. The summed E-state index contributed by atoms with van der Waals surface area (Å²) < 4.78 is 5.36. The molecular weight excluding hydrogens is 346 g/mol. The molecule has 1 atom stereocenters. The van der Waals surface area contributed by atoms with Crippen molar-refractivity contribution in [1.29, 1.82) is 0 Å². The number of benzene rings is 1. The molecule has 2 aliphatic rings. The Morgan fingerprint density at radius 1 is 1.22 bits per heavy atom. The molecule has 3 amide bonds. The van der Waals surface area contributed by atoms with Gasteiger partial charge in [-0.2, -0.15) is 0 Å². The van der Waals surface area contributed by atoms with Gasteiger partial charge in [-0.3, -0.25) is 14.4 Å². The zero-order chi connectivity index (χ0) is 19.4. The quantitative estimate of drug-likeness (QED) is 0.802. The van der Waals surface area contributed by atoms with Gasteiger partial charge in [0.25, 0.3) is 0 Å². The van der Waals surface area contributed by atoms with E-state index < -0.39 is 6.04 Å². The van der Waals surface area contributed by atoms with Crippen molar-refractivity contribution < 1.29 is 19.1 Å². The predicted molar refractivity (Wildman–Crippen MR) is 103 cm³/mol. The van der Waals surface area contributed by atoms with E-state index >= 15 is 0 Å². The lowest BCUT2D eigenvalue weighted by Crippen LogP contribution is -2.43. The highest BCUT2D eigenvalue weighted by atomic mass is 16.5. The average Bonchev–Trinajstić information content (AvgIpc) is 3.33. The minimum Gasteiger partial charge on any atom is -0.495 e. The molecule has 0 bridgehead atoms. The summed E-state index contributed by atoms with van der Waals surface area (Å²) in [4.78, 5) is 38.4. The number of carbonyl (C=O) groups is 3. The van der Waals surface area contributed by atoms with Crippen LogP contribution in [0.25, 0.3) is 0 Å². The van der Waals surface area contributed by atoms with Crippen LogP contribution in [-0.4, -0.2) is 37.4 Å². The Morgan fingerprint density at radius 2 is 1.96 bits per heavy atom. The highest BCUT2D eigenvalue weighted by Crippen LogP contribution is 2.34. The van der Waals surface area contributed by atoms with Crippen LogP contribution in [0.1, 0.15) is 45.4 Å². The number of carbonyl (C=O) groups excluding carboxylic acids is 3. The highest BCUT2D eigenvalue weighted by molar-refractivity contribution is 6.00. The fraction of sp³-hybridized carbons (Fsp3) is 0.550. The molecule has 0 radical (unpaired) electrons. The first kappa shape index (κ1) is 19.2. The van der Waals surface area contributed by atoms with Crippen LogP contribution in [0.5, 0.6) is 5.75 Å². The number of nitrogens with zero attached hydrogens (tertiary/aromatic N) is 1. The second kappa shape index (κ2) is 8.41. The van der Waals surface area contributed by atoms with Gasteiger partial charge in [-0.15, -0.1) is 0 Å². The van der Waals surface area contributed by atoms with Gasteiger partial charge in [0.1, 0.15) is 11.8 Å². The number of methoxy groups -OCH3 is 1. The number of rotatable bonds is 6. The van der Waals surface area contributed by atoms with E-state index in [2.05, 4.69) is 10.6 Å². The average molecular weight is 373 g/mol. The molecule has 1 saturated heterocycles. The summed E-state index contributed by atoms with van der Waals surface area (Å²) in [6.07, 6.45) is 5.26. The number of hydrogen-bond donors (Lipinski definition) is 2. The van der Waals surface area contributed by atoms with Gasteiger partial charge in [0.2, 0.25) is 17.7 Å². The highest BCUT2D eigenvalue weighted by Gasteiger charge is 2.27. The molecule has 2 fully saturated rings. The second-order valence-electron chi connectivity index (χ2n) is 7.24. The van der Waals surface area contributed by atoms with Crippen LogP contribution >= 0.6 is 0 Å². The van der Waals surface area contributed by atoms with E-state index in [1.807, 2.05) is 0 Å². The van der Waals surface area contributed by atoms with Crippen molar-refractivity contribution in [1.82, 2.24) is 5.32 Å². The normalized spacial score (nSPS) is 18.4. The van der Waals surface area contributed by atoms with Crippen molar-refractivity contribution in [3.63, 3.8) is 0 Å². The maximum absolute atomic E-state index is 12.5. The van der Waals surface area contributed by atoms with Gasteiger partial charge in [0, 0.05) is 24.6 Å². The van der Waals surface area contributed by atoms with Gasteiger partial charge < -0.3 is 20.3 Å². The Morgan fingerprint density at radius 3 is 2.59 bits per heavy atom. The third-order valence-electron chi connectivity index (χ3n) is 5.29. The Hall–Kier alpha value is -2.57. The van der Waals surface area contributed by atoms with Gasteiger partial charge in [-0.05, 0) is 44.4 Å². The molecule has 1 aromatic rings. The van der Waals surface area contributed by atoms with Crippen molar-refractivity contribution in [3.8, 4) is 5.75 Å². The van der Waals surface area contributed by atoms with E-state index in [1.165, 1.54) is 0 Å². The molecule has 1 saturated carbocycles. The summed E-state index contributed by atoms with van der Waals surface area (Å²) >= 11 is 0. The molecule has 7 heteroatoms. The van der Waals surface area contributed by atoms with Crippen LogP contribution in [0.4, 0.5) is 11.4 Å². The lowest BCUT2D eigenvalue weighted by atomic mass is 10.1. The molecule has 1 aromatic carbocycles. The number of ether oxygens (including phenoxy) is 1. The summed E-state index contributed by atoms with van der Waals surface area (Å²) in [5.41, 5.74) is 1.22. The fourth-order valence-electron chi connectivity index (χ4n) is 3.72. The zero-order valence-corrected chi connectivity index (χ0v) is 15.9. The Bertz CT molecular complexity index is 728. The molecule has 1 aliphatic heterocycles. The molecule has 2 N–H and O–H groups in total. The molecule has 1 unspecified atom stereocenters. The van der Waals surface area contributed by atoms with Crippen molar-refractivity contribution in [2.75, 3.05) is 23.9 Å². The molecule has 1 aliphatic carbocycles. The fourth-order valence-corrected chi connectivity index (χ4v) is 3.72. The van der Waals surface area contributed by atoms with Crippen LogP contribution in [0.3, 0.4) is 0 Å². The molecule has 7 nitrogen and oxygen atoms in total. The lowest BCUT2D eigenvalue weighted by molar-refractivity contribution is -0.128. The molecule has 0 aromatic heterocycles. The van der Waals surface area contributed by atoms with Gasteiger partial charge >= 0.3 is 0 Å². The zero-order valence-electron chi connectivity index (χ0n) is 15.9. The Labute approximate surface area is 159 Å². The SMILES string of the molecule is COc1ccc(NC(=O)C(C)NC(=O)C2CCCC2)cc1N1CCCC1=O. The van der Waals surface area contributed by atoms with Gasteiger partial charge in [-0.25, -0.2) is 0 Å². The van der Waals surface area contributed by atoms with Crippen LogP contribution in [0.15, 0.2) is 18.2 Å². The summed E-state index contributed by atoms with van der Waals surface area (Å²) in [5.74, 6) is 0.326. The third kappa shape index (κ3) is 4.40. The predicted octanol–water partition coefficient (Wildman–Crippen LogP) is 2.46. The van der Waals surface area contributed by atoms with Gasteiger partial charge in [0.15, 0.2) is 0 Å². The van der Waals surface area contributed by atoms with E-state index in [9.17, 15) is 14.4 Å². The molecule has 146 valence electrons. The van der Waals surface area contributed by atoms with Gasteiger partial charge in [-0.1, -0.05) is 12.8 Å². The summed E-state index contributed by atoms with van der Waals surface area (Å²) in [5, 5.41) is 5.62. The maximum atomic E-state index is 12.5. The summed E-state index contributed by atoms with van der Waals surface area (Å²) in [7, 11) is 1.55. The van der Waals surface area contributed by atoms with E-state index in [1.54, 1.807) is 37.1 Å². The number of hydrogen-bond acceptors (Lipinski definition) is 4. The smallest absolute Gasteiger partial charge is 0.246 e.